The fraction of sp³-hybridized carbons (Fsp3) is 0.378. The third-order valence-electron chi connectivity index (χ3n) is 11.4. The highest BCUT2D eigenvalue weighted by molar-refractivity contribution is 7.81. The van der Waals surface area contributed by atoms with Crippen molar-refractivity contribution in [3.05, 3.63) is 102 Å². The van der Waals surface area contributed by atoms with E-state index < -0.39 is 106 Å². The molecule has 6 rings (SSSR count). The van der Waals surface area contributed by atoms with Crippen LogP contribution in [0.2, 0.25) is 0 Å². The Hall–Kier alpha value is -6.38. The minimum atomic E-state index is -1.94. The van der Waals surface area contributed by atoms with E-state index in [2.05, 4.69) is 51.5 Å². The number of carbonyl (C=O) groups is 8. The number of amides is 8. The van der Waals surface area contributed by atoms with Crippen LogP contribution >= 0.6 is 25.3 Å². The Morgan fingerprint density at radius 2 is 1.54 bits per heavy atom. The molecule has 3 heterocycles. The van der Waals surface area contributed by atoms with Crippen molar-refractivity contribution >= 4 is 83.4 Å². The van der Waals surface area contributed by atoms with Crippen molar-refractivity contribution in [1.82, 2.24) is 36.1 Å². The molecule has 0 radical (unpaired) electrons. The first-order valence-corrected chi connectivity index (χ1v) is 21.9. The van der Waals surface area contributed by atoms with Crippen molar-refractivity contribution in [3.63, 3.8) is 0 Å². The molecule has 20 heteroatoms. The predicted octanol–water partition coefficient (Wildman–Crippen LogP) is 0.0198. The van der Waals surface area contributed by atoms with Crippen molar-refractivity contribution in [1.29, 1.82) is 0 Å². The lowest BCUT2D eigenvalue weighted by Gasteiger charge is -2.39. The Balaban J connectivity index is 1.42. The quantitative estimate of drug-likeness (QED) is 0.0851. The first-order valence-electron chi connectivity index (χ1n) is 21.0. The molecule has 2 aliphatic heterocycles. The number of aromatic hydroxyl groups is 1. The molecule has 2 saturated heterocycles. The van der Waals surface area contributed by atoms with Crippen molar-refractivity contribution in [2.24, 2.45) is 11.5 Å². The minimum absolute atomic E-state index is 0.0212. The fourth-order valence-corrected chi connectivity index (χ4v) is 8.82. The van der Waals surface area contributed by atoms with Gasteiger partial charge in [0.2, 0.25) is 41.4 Å². The van der Waals surface area contributed by atoms with Gasteiger partial charge < -0.3 is 47.7 Å². The van der Waals surface area contributed by atoms with Gasteiger partial charge in [0.25, 0.3) is 5.91 Å². The molecule has 4 aromatic rings. The number of hydrogen-bond donors (Lipinski definition) is 10. The molecule has 1 aromatic heterocycles. The Morgan fingerprint density at radius 3 is 2.22 bits per heavy atom. The van der Waals surface area contributed by atoms with E-state index in [1.165, 1.54) is 43.0 Å². The average molecular weight is 928 g/mol. The number of primary amides is 1. The van der Waals surface area contributed by atoms with Crippen LogP contribution in [0, 0.1) is 0 Å². The number of rotatable bonds is 12. The van der Waals surface area contributed by atoms with E-state index in [-0.39, 0.29) is 38.0 Å². The summed E-state index contributed by atoms with van der Waals surface area (Å²) < 4.78 is -1.58. The summed E-state index contributed by atoms with van der Waals surface area (Å²) in [5.41, 5.74) is 14.8. The Kier molecular flexibility index (Phi) is 15.3. The average Bonchev–Trinajstić information content (AvgIpc) is 3.86. The van der Waals surface area contributed by atoms with E-state index in [9.17, 15) is 38.7 Å². The van der Waals surface area contributed by atoms with Crippen LogP contribution in [0.3, 0.4) is 0 Å². The second-order valence-corrected chi connectivity index (χ2v) is 18.6. The Labute approximate surface area is 385 Å². The molecule has 0 saturated carbocycles. The van der Waals surface area contributed by atoms with E-state index in [1.807, 2.05) is 24.3 Å². The first kappa shape index (κ1) is 48.1. The summed E-state index contributed by atoms with van der Waals surface area (Å²) in [4.78, 5) is 119. The van der Waals surface area contributed by atoms with E-state index in [0.29, 0.717) is 21.6 Å². The highest BCUT2D eigenvalue weighted by Gasteiger charge is 2.49. The van der Waals surface area contributed by atoms with Crippen LogP contribution in [0.5, 0.6) is 5.75 Å². The molecule has 18 nitrogen and oxygen atoms in total. The number of imide groups is 1. The number of phenols is 1. The van der Waals surface area contributed by atoms with Crippen LogP contribution in [0.25, 0.3) is 10.9 Å². The number of aromatic amines is 1. The standard InChI is InChI=1S/C45H53N9O9S2/c1-45(2,65)38-41(60)49-23-36(57)51-32(20-26-22-48-30-11-7-6-10-28(26)30)43(62)53-17-16-34(64)37(53)40(59)52-33(21-35(56)50-31(39(47)58)19-24-8-4-3-5-9-24)44(63)54(38)42(61)29(46)18-25-12-14-27(55)15-13-25/h3-15,22,29,31-34,37-38,48,55,64-65H,16-21,23,46H2,1-2H3,(H2,47,58)(H,49,60)(H,50,56)(H,51,57)(H,52,59)/t29-,31-,32-,33-,34+,37-,38-/m0/s1. The second kappa shape index (κ2) is 20.6. The maximum absolute atomic E-state index is 15.2. The summed E-state index contributed by atoms with van der Waals surface area (Å²) in [7, 11) is 0. The highest BCUT2D eigenvalue weighted by Crippen LogP contribution is 2.29. The lowest BCUT2D eigenvalue weighted by atomic mass is 9.96. The molecular formula is C45H53N9O9S2. The van der Waals surface area contributed by atoms with Crippen LogP contribution in [-0.4, -0.2) is 126 Å². The minimum Gasteiger partial charge on any atom is -0.508 e. The van der Waals surface area contributed by atoms with Crippen molar-refractivity contribution in [2.75, 3.05) is 13.1 Å². The van der Waals surface area contributed by atoms with Gasteiger partial charge in [0.05, 0.1) is 19.0 Å². The van der Waals surface area contributed by atoms with Crippen LogP contribution in [0.1, 0.15) is 43.4 Å². The Morgan fingerprint density at radius 1 is 0.877 bits per heavy atom. The maximum atomic E-state index is 15.2. The van der Waals surface area contributed by atoms with Gasteiger partial charge in [0.1, 0.15) is 36.0 Å². The number of thiol groups is 2. The molecule has 2 fully saturated rings. The number of H-pyrrole nitrogens is 1. The molecule has 8 amide bonds. The van der Waals surface area contributed by atoms with Gasteiger partial charge >= 0.3 is 0 Å². The molecule has 0 unspecified atom stereocenters. The third kappa shape index (κ3) is 11.7. The molecule has 0 spiro atoms. The summed E-state index contributed by atoms with van der Waals surface area (Å²) in [5, 5.41) is 20.2. The van der Waals surface area contributed by atoms with Gasteiger partial charge in [-0.15, -0.1) is 0 Å². The van der Waals surface area contributed by atoms with E-state index in [0.717, 1.165) is 10.9 Å². The molecule has 0 aliphatic carbocycles. The molecule has 0 bridgehead atoms. The van der Waals surface area contributed by atoms with Gasteiger partial charge in [-0.3, -0.25) is 43.3 Å². The second-order valence-electron chi connectivity index (χ2n) is 16.8. The molecule has 65 heavy (non-hydrogen) atoms. The lowest BCUT2D eigenvalue weighted by Crippen LogP contribution is -2.66. The molecule has 2 aliphatic rings. The van der Waals surface area contributed by atoms with Gasteiger partial charge in [-0.2, -0.15) is 25.3 Å². The van der Waals surface area contributed by atoms with Crippen LogP contribution in [0.15, 0.2) is 85.1 Å². The summed E-state index contributed by atoms with van der Waals surface area (Å²) in [5.74, 6) is -7.68. The number of nitrogens with zero attached hydrogens (tertiary/aromatic N) is 2. The van der Waals surface area contributed by atoms with Crippen LogP contribution < -0.4 is 32.7 Å². The molecule has 7 atom stereocenters. The number of fused-ring (bicyclic) bond motifs is 2. The number of para-hydroxylation sites is 1. The number of phenolic OH excluding ortho intramolecular Hbond substituents is 1. The van der Waals surface area contributed by atoms with E-state index in [4.69, 9.17) is 11.5 Å². The van der Waals surface area contributed by atoms with Gasteiger partial charge in [-0.25, -0.2) is 0 Å². The van der Waals surface area contributed by atoms with Crippen LogP contribution in [0.4, 0.5) is 0 Å². The van der Waals surface area contributed by atoms with Gasteiger partial charge in [-0.1, -0.05) is 60.7 Å². The van der Waals surface area contributed by atoms with Crippen molar-refractivity contribution < 1.29 is 43.5 Å². The number of hydrogen-bond acceptors (Lipinski definition) is 12. The third-order valence-corrected chi connectivity index (χ3v) is 12.2. The zero-order valence-electron chi connectivity index (χ0n) is 35.7. The summed E-state index contributed by atoms with van der Waals surface area (Å²) in [6.07, 6.45) is 0.807. The highest BCUT2D eigenvalue weighted by atomic mass is 32.1. The van der Waals surface area contributed by atoms with Gasteiger partial charge in [0.15, 0.2) is 0 Å². The first-order chi connectivity index (χ1) is 30.8. The van der Waals surface area contributed by atoms with Crippen molar-refractivity contribution in [2.45, 2.75) is 92.2 Å². The topological polar surface area (TPSA) is 279 Å². The van der Waals surface area contributed by atoms with Crippen LogP contribution in [-0.2, 0) is 57.6 Å². The zero-order chi connectivity index (χ0) is 47.2. The molecule has 344 valence electrons. The monoisotopic (exact) mass is 927 g/mol. The number of nitrogens with one attached hydrogen (secondary N) is 5. The maximum Gasteiger partial charge on any atom is 0.253 e. The van der Waals surface area contributed by atoms with Gasteiger partial charge in [-0.05, 0) is 61.6 Å². The van der Waals surface area contributed by atoms with Gasteiger partial charge in [0, 0.05) is 46.5 Å². The molecule has 3 aromatic carbocycles. The largest absolute Gasteiger partial charge is 0.508 e. The normalized spacial score (nSPS) is 22.2. The van der Waals surface area contributed by atoms with Crippen molar-refractivity contribution in [3.8, 4) is 5.75 Å². The van der Waals surface area contributed by atoms with E-state index in [1.54, 1.807) is 36.5 Å². The summed E-state index contributed by atoms with van der Waals surface area (Å²) in [6.45, 7) is 2.18. The summed E-state index contributed by atoms with van der Waals surface area (Å²) >= 11 is 9.30. The molecular weight excluding hydrogens is 875 g/mol. The lowest BCUT2D eigenvalue weighted by molar-refractivity contribution is -0.156. The number of aromatic nitrogens is 1. The SMILES string of the molecule is CC(C)(S)[C@@H]1C(=O)NCC(=O)N[C@@H](Cc2c[nH]c3ccccc23)C(=O)N2CC[C@@H](S)[C@H]2C(=O)N[C@@H](CC(=O)N[C@@H](Cc2ccccc2)C(N)=O)C(=O)N1C(=O)[C@@H](N)Cc1ccc(O)cc1. The molecule has 10 N–H and O–H groups in total. The smallest absolute Gasteiger partial charge is 0.253 e. The number of carbonyl (C=O) groups excluding carboxylic acids is 8. The fourth-order valence-electron chi connectivity index (χ4n) is 8.17. The zero-order valence-corrected chi connectivity index (χ0v) is 37.5. The summed E-state index contributed by atoms with van der Waals surface area (Å²) in [6, 6.07) is 12.6. The predicted molar refractivity (Wildman–Crippen MR) is 246 cm³/mol. The number of benzene rings is 3. The Bertz CT molecular complexity index is 2440. The number of nitrogens with two attached hydrogens (primary N) is 2. The van der Waals surface area contributed by atoms with E-state index >= 15 is 4.79 Å².